The van der Waals surface area contributed by atoms with Crippen molar-refractivity contribution in [3.8, 4) is 0 Å². The average Bonchev–Trinajstić information content (AvgIpc) is 2.51. The lowest BCUT2D eigenvalue weighted by molar-refractivity contribution is -0.189. The first-order valence-electron chi connectivity index (χ1n) is 8.70. The number of urea groups is 1. The number of carboxylic acids is 1. The topological polar surface area (TPSA) is 78.9 Å². The Kier molecular flexibility index (Phi) is 4.29. The zero-order valence-electron chi connectivity index (χ0n) is 14.2. The van der Waals surface area contributed by atoms with Crippen molar-refractivity contribution in [3.63, 3.8) is 0 Å². The molecular formula is C17H28N2O4. The van der Waals surface area contributed by atoms with Crippen LogP contribution in [0.25, 0.3) is 0 Å². The molecule has 1 aliphatic carbocycles. The first-order chi connectivity index (χ1) is 10.8. The van der Waals surface area contributed by atoms with E-state index < -0.39 is 11.9 Å². The van der Waals surface area contributed by atoms with Crippen molar-refractivity contribution in [1.82, 2.24) is 10.2 Å². The van der Waals surface area contributed by atoms with E-state index in [4.69, 9.17) is 4.74 Å². The van der Waals surface area contributed by atoms with E-state index in [1.807, 2.05) is 6.92 Å². The molecule has 3 rings (SSSR count). The minimum absolute atomic E-state index is 0.0612. The van der Waals surface area contributed by atoms with Gasteiger partial charge in [0, 0.05) is 37.1 Å². The van der Waals surface area contributed by atoms with Gasteiger partial charge >= 0.3 is 12.0 Å². The Balaban J connectivity index is 1.63. The van der Waals surface area contributed by atoms with Crippen LogP contribution >= 0.6 is 0 Å². The number of nitrogens with one attached hydrogen (secondary N) is 1. The van der Waals surface area contributed by atoms with Gasteiger partial charge in [-0.2, -0.15) is 0 Å². The second-order valence-electron chi connectivity index (χ2n) is 8.13. The van der Waals surface area contributed by atoms with Crippen molar-refractivity contribution in [3.05, 3.63) is 0 Å². The van der Waals surface area contributed by atoms with Gasteiger partial charge in [-0.1, -0.05) is 20.8 Å². The van der Waals surface area contributed by atoms with Gasteiger partial charge in [0.05, 0.1) is 12.0 Å². The molecule has 0 bridgehead atoms. The maximum Gasteiger partial charge on any atom is 0.317 e. The lowest BCUT2D eigenvalue weighted by Gasteiger charge is -2.60. The Morgan fingerprint density at radius 3 is 2.74 bits per heavy atom. The number of carboxylic acid groups (broad SMARTS) is 1. The van der Waals surface area contributed by atoms with Gasteiger partial charge in [0.25, 0.3) is 0 Å². The fourth-order valence-electron chi connectivity index (χ4n) is 4.74. The lowest BCUT2D eigenvalue weighted by atomic mass is 9.55. The monoisotopic (exact) mass is 324 g/mol. The van der Waals surface area contributed by atoms with Crippen LogP contribution in [0.3, 0.4) is 0 Å². The molecular weight excluding hydrogens is 296 g/mol. The van der Waals surface area contributed by atoms with Crippen LogP contribution in [0.1, 0.15) is 40.0 Å². The molecule has 130 valence electrons. The smallest absolute Gasteiger partial charge is 0.317 e. The average molecular weight is 324 g/mol. The van der Waals surface area contributed by atoms with E-state index in [-0.39, 0.29) is 29.5 Å². The van der Waals surface area contributed by atoms with Gasteiger partial charge < -0.3 is 20.1 Å². The molecule has 2 N–H and O–H groups in total. The third-order valence-electron chi connectivity index (χ3n) is 5.91. The van der Waals surface area contributed by atoms with Crippen molar-refractivity contribution >= 4 is 12.0 Å². The number of likely N-dealkylation sites (tertiary alicyclic amines) is 1. The minimum Gasteiger partial charge on any atom is -0.481 e. The number of carbonyl (C=O) groups is 2. The lowest BCUT2D eigenvalue weighted by Crippen LogP contribution is -2.71. The maximum atomic E-state index is 12.7. The second kappa shape index (κ2) is 5.96. The highest BCUT2D eigenvalue weighted by Gasteiger charge is 2.58. The zero-order chi connectivity index (χ0) is 16.8. The van der Waals surface area contributed by atoms with Crippen LogP contribution in [0.5, 0.6) is 0 Å². The molecule has 6 nitrogen and oxygen atoms in total. The van der Waals surface area contributed by atoms with Gasteiger partial charge in [0.2, 0.25) is 0 Å². The number of carbonyl (C=O) groups excluding carboxylic acids is 1. The predicted octanol–water partition coefficient (Wildman–Crippen LogP) is 1.94. The summed E-state index contributed by atoms with van der Waals surface area (Å²) in [6.07, 6.45) is 3.01. The summed E-state index contributed by atoms with van der Waals surface area (Å²) in [4.78, 5) is 25.6. The normalized spacial score (nSPS) is 39.1. The van der Waals surface area contributed by atoms with E-state index in [0.717, 1.165) is 19.4 Å². The Morgan fingerprint density at radius 1 is 1.30 bits per heavy atom. The van der Waals surface area contributed by atoms with Crippen LogP contribution in [0, 0.1) is 23.2 Å². The molecule has 1 saturated carbocycles. The Labute approximate surface area is 137 Å². The van der Waals surface area contributed by atoms with E-state index in [9.17, 15) is 14.7 Å². The number of hydrogen-bond donors (Lipinski definition) is 2. The summed E-state index contributed by atoms with van der Waals surface area (Å²) in [6, 6.07) is -0.00860. The fraction of sp³-hybridized carbons (Fsp3) is 0.882. The molecule has 5 unspecified atom stereocenters. The molecule has 2 saturated heterocycles. The van der Waals surface area contributed by atoms with E-state index >= 15 is 0 Å². The summed E-state index contributed by atoms with van der Waals surface area (Å²) in [6.45, 7) is 8.05. The zero-order valence-corrected chi connectivity index (χ0v) is 14.2. The Bertz CT molecular complexity index is 493. The number of ether oxygens (including phenoxy) is 1. The molecule has 0 aromatic carbocycles. The van der Waals surface area contributed by atoms with Gasteiger partial charge in [-0.25, -0.2) is 4.79 Å². The molecule has 3 fully saturated rings. The highest BCUT2D eigenvalue weighted by molar-refractivity contribution is 5.77. The standard InChI is InChI=1S/C17H28N2O4/c1-10-7-11(15(20)21)9-19(8-10)16(22)18-13-12-5-4-6-23-14(12)17(13,2)3/h10-14H,4-9H2,1-3H3,(H,18,22)(H,20,21). The minimum atomic E-state index is -0.806. The Morgan fingerprint density at radius 2 is 2.04 bits per heavy atom. The Hall–Kier alpha value is -1.30. The van der Waals surface area contributed by atoms with Crippen molar-refractivity contribution in [2.75, 3.05) is 19.7 Å². The summed E-state index contributed by atoms with van der Waals surface area (Å²) in [5.74, 6) is -0.653. The van der Waals surface area contributed by atoms with E-state index in [2.05, 4.69) is 19.2 Å². The van der Waals surface area contributed by atoms with Gasteiger partial charge in [0.15, 0.2) is 0 Å². The van der Waals surface area contributed by atoms with Crippen molar-refractivity contribution in [2.24, 2.45) is 23.2 Å². The number of hydrogen-bond acceptors (Lipinski definition) is 3. The summed E-state index contributed by atoms with van der Waals surface area (Å²) >= 11 is 0. The molecule has 3 aliphatic rings. The third-order valence-corrected chi connectivity index (χ3v) is 5.91. The van der Waals surface area contributed by atoms with Crippen LogP contribution in [-0.2, 0) is 9.53 Å². The predicted molar refractivity (Wildman–Crippen MR) is 85.0 cm³/mol. The second-order valence-corrected chi connectivity index (χ2v) is 8.13. The summed E-state index contributed by atoms with van der Waals surface area (Å²) in [5.41, 5.74) is -0.0612. The third kappa shape index (κ3) is 2.93. The van der Waals surface area contributed by atoms with Gasteiger partial charge in [-0.05, 0) is 25.2 Å². The molecule has 2 amide bonds. The van der Waals surface area contributed by atoms with E-state index in [1.165, 1.54) is 0 Å². The van der Waals surface area contributed by atoms with Crippen LogP contribution in [0.15, 0.2) is 0 Å². The molecule has 23 heavy (non-hydrogen) atoms. The molecule has 0 radical (unpaired) electrons. The summed E-state index contributed by atoms with van der Waals surface area (Å²) < 4.78 is 5.87. The van der Waals surface area contributed by atoms with Crippen LogP contribution < -0.4 is 5.32 Å². The molecule has 0 spiro atoms. The molecule has 6 heteroatoms. The van der Waals surface area contributed by atoms with E-state index in [1.54, 1.807) is 4.90 Å². The molecule has 5 atom stereocenters. The van der Waals surface area contributed by atoms with Gasteiger partial charge in [-0.3, -0.25) is 4.79 Å². The molecule has 0 aromatic heterocycles. The van der Waals surface area contributed by atoms with E-state index in [0.29, 0.717) is 25.4 Å². The quantitative estimate of drug-likeness (QED) is 0.813. The SMILES string of the molecule is CC1CC(C(=O)O)CN(C(=O)NC2C3CCCOC3C2(C)C)C1. The molecule has 0 aromatic rings. The van der Waals surface area contributed by atoms with Crippen LogP contribution in [0.4, 0.5) is 4.79 Å². The van der Waals surface area contributed by atoms with Crippen molar-refractivity contribution in [2.45, 2.75) is 52.2 Å². The highest BCUT2D eigenvalue weighted by atomic mass is 16.5. The molecule has 2 aliphatic heterocycles. The number of aliphatic carboxylic acids is 1. The highest BCUT2D eigenvalue weighted by Crippen LogP contribution is 2.51. The largest absolute Gasteiger partial charge is 0.481 e. The first-order valence-corrected chi connectivity index (χ1v) is 8.70. The number of amides is 2. The summed E-state index contributed by atoms with van der Waals surface area (Å²) in [7, 11) is 0. The van der Waals surface area contributed by atoms with Crippen molar-refractivity contribution in [1.29, 1.82) is 0 Å². The number of rotatable bonds is 2. The van der Waals surface area contributed by atoms with Crippen LogP contribution in [-0.4, -0.2) is 53.8 Å². The fourth-order valence-corrected chi connectivity index (χ4v) is 4.74. The van der Waals surface area contributed by atoms with Crippen molar-refractivity contribution < 1.29 is 19.4 Å². The number of fused-ring (bicyclic) bond motifs is 1. The number of piperidine rings is 1. The van der Waals surface area contributed by atoms with Gasteiger partial charge in [-0.15, -0.1) is 0 Å². The maximum absolute atomic E-state index is 12.7. The summed E-state index contributed by atoms with van der Waals surface area (Å²) in [5, 5.41) is 12.4. The van der Waals surface area contributed by atoms with Gasteiger partial charge in [0.1, 0.15) is 0 Å². The number of nitrogens with zero attached hydrogens (tertiary/aromatic N) is 1. The first kappa shape index (κ1) is 16.6. The molecule has 2 heterocycles. The van der Waals surface area contributed by atoms with Crippen LogP contribution in [0.2, 0.25) is 0 Å².